The number of rotatable bonds is 8. The number of hydrogen-bond acceptors (Lipinski definition) is 2. The van der Waals surface area contributed by atoms with Crippen LogP contribution in [0, 0.1) is 6.92 Å². The number of nitrogens with zero attached hydrogens (tertiary/aromatic N) is 3. The van der Waals surface area contributed by atoms with E-state index in [-0.39, 0.29) is 0 Å². The van der Waals surface area contributed by atoms with E-state index in [1.165, 1.54) is 19.3 Å². The number of aliphatic imine (C=N–C) groups is 1. The van der Waals surface area contributed by atoms with E-state index < -0.39 is 0 Å². The smallest absolute Gasteiger partial charge is 0.188 e. The SMILES string of the molecule is CCCCCCNC(N)=NCc1cn(-c2ccccc2)nc1C. The Balaban J connectivity index is 1.88. The van der Waals surface area contributed by atoms with Gasteiger partial charge in [-0.3, -0.25) is 0 Å². The fourth-order valence-electron chi connectivity index (χ4n) is 2.36. The molecule has 2 rings (SSSR count). The third kappa shape index (κ3) is 5.43. The first kappa shape index (κ1) is 17.1. The van der Waals surface area contributed by atoms with Crippen molar-refractivity contribution < 1.29 is 0 Å². The van der Waals surface area contributed by atoms with Crippen molar-refractivity contribution in [3.8, 4) is 5.69 Å². The highest BCUT2D eigenvalue weighted by Crippen LogP contribution is 2.12. The summed E-state index contributed by atoms with van der Waals surface area (Å²) in [5, 5.41) is 7.71. The minimum Gasteiger partial charge on any atom is -0.370 e. The van der Waals surface area contributed by atoms with Gasteiger partial charge in [-0.1, -0.05) is 44.4 Å². The second kappa shape index (κ2) is 8.98. The second-order valence-corrected chi connectivity index (χ2v) is 5.71. The molecule has 0 radical (unpaired) electrons. The van der Waals surface area contributed by atoms with Crippen molar-refractivity contribution in [2.75, 3.05) is 6.54 Å². The molecule has 5 heteroatoms. The molecule has 124 valence electrons. The summed E-state index contributed by atoms with van der Waals surface area (Å²) in [5.74, 6) is 0.508. The van der Waals surface area contributed by atoms with Crippen LogP contribution >= 0.6 is 0 Å². The summed E-state index contributed by atoms with van der Waals surface area (Å²) in [7, 11) is 0. The number of aromatic nitrogens is 2. The molecule has 3 N–H and O–H groups in total. The van der Waals surface area contributed by atoms with Gasteiger partial charge < -0.3 is 11.1 Å². The van der Waals surface area contributed by atoms with Gasteiger partial charge in [-0.25, -0.2) is 9.67 Å². The maximum Gasteiger partial charge on any atom is 0.188 e. The maximum atomic E-state index is 5.92. The molecule has 0 aliphatic rings. The Kier molecular flexibility index (Phi) is 6.66. The van der Waals surface area contributed by atoms with Crippen LogP contribution in [-0.2, 0) is 6.54 Å². The largest absolute Gasteiger partial charge is 0.370 e. The molecule has 5 nitrogen and oxygen atoms in total. The molecule has 0 bridgehead atoms. The molecule has 1 aromatic heterocycles. The molecule has 0 unspecified atom stereocenters. The summed E-state index contributed by atoms with van der Waals surface area (Å²) in [5.41, 5.74) is 9.03. The van der Waals surface area contributed by atoms with Crippen molar-refractivity contribution in [3.05, 3.63) is 47.8 Å². The van der Waals surface area contributed by atoms with Crippen molar-refractivity contribution in [2.24, 2.45) is 10.7 Å². The van der Waals surface area contributed by atoms with Crippen molar-refractivity contribution >= 4 is 5.96 Å². The molecule has 0 saturated carbocycles. The number of para-hydroxylation sites is 1. The predicted molar refractivity (Wildman–Crippen MR) is 95.8 cm³/mol. The summed E-state index contributed by atoms with van der Waals surface area (Å²) in [6, 6.07) is 10.1. The van der Waals surface area contributed by atoms with Gasteiger partial charge in [-0.15, -0.1) is 0 Å². The zero-order chi connectivity index (χ0) is 16.5. The van der Waals surface area contributed by atoms with Crippen molar-refractivity contribution in [3.63, 3.8) is 0 Å². The number of aryl methyl sites for hydroxylation is 1. The summed E-state index contributed by atoms with van der Waals surface area (Å²) in [6.07, 6.45) is 6.91. The summed E-state index contributed by atoms with van der Waals surface area (Å²) in [6.45, 7) is 5.64. The highest BCUT2D eigenvalue weighted by molar-refractivity contribution is 5.77. The Bertz CT molecular complexity index is 616. The molecule has 0 fully saturated rings. The lowest BCUT2D eigenvalue weighted by atomic mass is 10.2. The average Bonchev–Trinajstić information content (AvgIpc) is 2.94. The van der Waals surface area contributed by atoms with Gasteiger partial charge in [0.05, 0.1) is 17.9 Å². The van der Waals surface area contributed by atoms with Crippen LogP contribution < -0.4 is 11.1 Å². The van der Waals surface area contributed by atoms with Crippen LogP contribution in [0.3, 0.4) is 0 Å². The van der Waals surface area contributed by atoms with Crippen molar-refractivity contribution in [2.45, 2.75) is 46.1 Å². The van der Waals surface area contributed by atoms with E-state index in [1.807, 2.05) is 48.1 Å². The Morgan fingerprint density at radius 3 is 2.74 bits per heavy atom. The predicted octanol–water partition coefficient (Wildman–Crippen LogP) is 3.17. The minimum absolute atomic E-state index is 0.508. The van der Waals surface area contributed by atoms with Crippen LogP contribution in [0.2, 0.25) is 0 Å². The van der Waals surface area contributed by atoms with Gasteiger partial charge in [-0.05, 0) is 25.5 Å². The van der Waals surface area contributed by atoms with Crippen LogP contribution in [0.4, 0.5) is 0 Å². The van der Waals surface area contributed by atoms with Crippen LogP contribution in [-0.4, -0.2) is 22.3 Å². The van der Waals surface area contributed by atoms with Crippen molar-refractivity contribution in [1.29, 1.82) is 0 Å². The molecule has 0 amide bonds. The van der Waals surface area contributed by atoms with E-state index in [9.17, 15) is 0 Å². The zero-order valence-electron chi connectivity index (χ0n) is 14.1. The number of nitrogens with one attached hydrogen (secondary N) is 1. The van der Waals surface area contributed by atoms with Gasteiger partial charge in [0.2, 0.25) is 0 Å². The maximum absolute atomic E-state index is 5.92. The lowest BCUT2D eigenvalue weighted by Crippen LogP contribution is -2.32. The molecular formula is C18H27N5. The zero-order valence-corrected chi connectivity index (χ0v) is 14.1. The van der Waals surface area contributed by atoms with Gasteiger partial charge in [-0.2, -0.15) is 5.10 Å². The normalized spacial score (nSPS) is 11.7. The van der Waals surface area contributed by atoms with E-state index in [4.69, 9.17) is 5.73 Å². The van der Waals surface area contributed by atoms with Crippen LogP contribution in [0.5, 0.6) is 0 Å². The van der Waals surface area contributed by atoms with Crippen LogP contribution in [0.25, 0.3) is 5.69 Å². The van der Waals surface area contributed by atoms with E-state index in [0.29, 0.717) is 12.5 Å². The molecule has 0 aliphatic carbocycles. The second-order valence-electron chi connectivity index (χ2n) is 5.71. The molecule has 0 aliphatic heterocycles. The standard InChI is InChI=1S/C18H27N5/c1-3-4-5-9-12-20-18(19)21-13-16-14-23(22-15(16)2)17-10-7-6-8-11-17/h6-8,10-11,14H,3-5,9,12-13H2,1-2H3,(H3,19,20,21). The van der Waals surface area contributed by atoms with Gasteiger partial charge >= 0.3 is 0 Å². The highest BCUT2D eigenvalue weighted by atomic mass is 15.3. The van der Waals surface area contributed by atoms with E-state index >= 15 is 0 Å². The number of guanidine groups is 1. The average molecular weight is 313 g/mol. The molecule has 0 saturated heterocycles. The number of hydrogen-bond donors (Lipinski definition) is 2. The number of benzene rings is 1. The molecule has 1 aromatic carbocycles. The van der Waals surface area contributed by atoms with E-state index in [1.54, 1.807) is 0 Å². The van der Waals surface area contributed by atoms with E-state index in [2.05, 4.69) is 22.3 Å². The molecule has 23 heavy (non-hydrogen) atoms. The summed E-state index contributed by atoms with van der Waals surface area (Å²) in [4.78, 5) is 4.41. The number of unbranched alkanes of at least 4 members (excludes halogenated alkanes) is 3. The highest BCUT2D eigenvalue weighted by Gasteiger charge is 2.05. The first-order chi connectivity index (χ1) is 11.2. The Hall–Kier alpha value is -2.30. The van der Waals surface area contributed by atoms with Gasteiger partial charge in [0.25, 0.3) is 0 Å². The lowest BCUT2D eigenvalue weighted by molar-refractivity contribution is 0.652. The van der Waals surface area contributed by atoms with Crippen LogP contribution in [0.15, 0.2) is 41.5 Å². The molecule has 2 aromatic rings. The van der Waals surface area contributed by atoms with E-state index in [0.717, 1.165) is 29.9 Å². The third-order valence-corrected chi connectivity index (χ3v) is 3.78. The minimum atomic E-state index is 0.508. The number of nitrogens with two attached hydrogens (primary N) is 1. The monoisotopic (exact) mass is 313 g/mol. The summed E-state index contributed by atoms with van der Waals surface area (Å²) >= 11 is 0. The molecule has 1 heterocycles. The Morgan fingerprint density at radius 2 is 2.00 bits per heavy atom. The quantitative estimate of drug-likeness (QED) is 0.447. The molecular weight excluding hydrogens is 286 g/mol. The molecule has 0 spiro atoms. The van der Waals surface area contributed by atoms with Gasteiger partial charge in [0, 0.05) is 18.3 Å². The van der Waals surface area contributed by atoms with Gasteiger partial charge in [0.1, 0.15) is 0 Å². The first-order valence-electron chi connectivity index (χ1n) is 8.35. The topological polar surface area (TPSA) is 68.2 Å². The third-order valence-electron chi connectivity index (χ3n) is 3.78. The van der Waals surface area contributed by atoms with Crippen molar-refractivity contribution in [1.82, 2.24) is 15.1 Å². The van der Waals surface area contributed by atoms with Crippen LogP contribution in [0.1, 0.15) is 43.9 Å². The van der Waals surface area contributed by atoms with Gasteiger partial charge in [0.15, 0.2) is 5.96 Å². The Labute approximate surface area is 138 Å². The fraction of sp³-hybridized carbons (Fsp3) is 0.444. The lowest BCUT2D eigenvalue weighted by Gasteiger charge is -2.04. The summed E-state index contributed by atoms with van der Waals surface area (Å²) < 4.78 is 1.88. The molecule has 0 atom stereocenters. The first-order valence-corrected chi connectivity index (χ1v) is 8.35. The fourth-order valence-corrected chi connectivity index (χ4v) is 2.36. The Morgan fingerprint density at radius 1 is 1.22 bits per heavy atom.